The highest BCUT2D eigenvalue weighted by Gasteiger charge is 2.30. The van der Waals surface area contributed by atoms with E-state index in [4.69, 9.17) is 16.3 Å². The lowest BCUT2D eigenvalue weighted by Crippen LogP contribution is -2.54. The van der Waals surface area contributed by atoms with Gasteiger partial charge in [0, 0.05) is 17.8 Å². The van der Waals surface area contributed by atoms with Gasteiger partial charge in [0.1, 0.15) is 16.9 Å². The summed E-state index contributed by atoms with van der Waals surface area (Å²) >= 11 is 5.98. The van der Waals surface area contributed by atoms with Gasteiger partial charge in [0.15, 0.2) is 6.61 Å². The van der Waals surface area contributed by atoms with Crippen molar-refractivity contribution in [1.82, 2.24) is 20.9 Å². The summed E-state index contributed by atoms with van der Waals surface area (Å²) in [6.45, 7) is 7.32. The number of aliphatic hydroxyl groups excluding tert-OH is 1. The van der Waals surface area contributed by atoms with E-state index < -0.39 is 30.1 Å². The maximum absolute atomic E-state index is 13.8. The van der Waals surface area contributed by atoms with E-state index in [9.17, 15) is 19.5 Å². The number of nitrogens with one attached hydrogen (secondary N) is 3. The van der Waals surface area contributed by atoms with Crippen molar-refractivity contribution in [2.45, 2.75) is 71.2 Å². The van der Waals surface area contributed by atoms with Gasteiger partial charge >= 0.3 is 0 Å². The van der Waals surface area contributed by atoms with Crippen molar-refractivity contribution in [3.8, 4) is 5.75 Å². The predicted octanol–water partition coefficient (Wildman–Crippen LogP) is 5.39. The average Bonchev–Trinajstić information content (AvgIpc) is 3.07. The Bertz CT molecular complexity index is 1670. The van der Waals surface area contributed by atoms with E-state index in [2.05, 4.69) is 20.9 Å². The number of para-hydroxylation sites is 1. The molecule has 0 bridgehead atoms. The van der Waals surface area contributed by atoms with Crippen LogP contribution in [0.4, 0.5) is 0 Å². The van der Waals surface area contributed by atoms with Crippen LogP contribution in [-0.4, -0.2) is 58.6 Å². The van der Waals surface area contributed by atoms with Crippen LogP contribution in [0.5, 0.6) is 5.75 Å². The van der Waals surface area contributed by atoms with E-state index in [1.165, 1.54) is 18.3 Å². The summed E-state index contributed by atoms with van der Waals surface area (Å²) in [5, 5.41) is 20.8. The molecule has 3 aromatic carbocycles. The molecule has 0 aliphatic rings. The van der Waals surface area contributed by atoms with Gasteiger partial charge in [-0.05, 0) is 73.4 Å². The first-order chi connectivity index (χ1) is 23.5. The number of hydrogen-bond donors (Lipinski definition) is 4. The third-order valence-corrected chi connectivity index (χ3v) is 8.49. The number of carbonyl (C=O) groups is 3. The van der Waals surface area contributed by atoms with Gasteiger partial charge in [0.2, 0.25) is 5.91 Å². The second-order valence-corrected chi connectivity index (χ2v) is 13.0. The van der Waals surface area contributed by atoms with Crippen LogP contribution in [0.3, 0.4) is 0 Å². The quantitative estimate of drug-likeness (QED) is 0.117. The third kappa shape index (κ3) is 11.4. The second kappa shape index (κ2) is 18.1. The first kappa shape index (κ1) is 37.1. The summed E-state index contributed by atoms with van der Waals surface area (Å²) in [6, 6.07) is 25.9. The molecule has 1 aromatic heterocycles. The molecular weight excluding hydrogens is 640 g/mol. The lowest BCUT2D eigenvalue weighted by Gasteiger charge is -2.30. The number of ether oxygens (including phenoxy) is 1. The number of benzene rings is 3. The molecule has 0 aliphatic carbocycles. The van der Waals surface area contributed by atoms with Crippen molar-refractivity contribution in [3.63, 3.8) is 0 Å². The van der Waals surface area contributed by atoms with Crippen molar-refractivity contribution >= 4 is 29.3 Å². The van der Waals surface area contributed by atoms with E-state index in [-0.39, 0.29) is 41.5 Å². The number of rotatable bonds is 16. The topological polar surface area (TPSA) is 130 Å². The number of aromatic nitrogens is 1. The van der Waals surface area contributed by atoms with Gasteiger partial charge in [0.25, 0.3) is 11.8 Å². The number of hydrogen-bond acceptors (Lipinski definition) is 6. The maximum Gasteiger partial charge on any atom is 0.258 e. The molecule has 0 aliphatic heterocycles. The van der Waals surface area contributed by atoms with Gasteiger partial charge in [-0.15, -0.1) is 0 Å². The monoisotopic (exact) mass is 684 g/mol. The van der Waals surface area contributed by atoms with Gasteiger partial charge in [-0.1, -0.05) is 104 Å². The Labute approximate surface area is 293 Å². The fourth-order valence-corrected chi connectivity index (χ4v) is 5.88. The van der Waals surface area contributed by atoms with Crippen LogP contribution >= 0.6 is 11.6 Å². The van der Waals surface area contributed by atoms with Gasteiger partial charge in [-0.2, -0.15) is 0 Å². The minimum absolute atomic E-state index is 0.134. The number of amides is 3. The van der Waals surface area contributed by atoms with Gasteiger partial charge in [0.05, 0.1) is 12.1 Å². The second-order valence-electron chi connectivity index (χ2n) is 12.6. The van der Waals surface area contributed by atoms with Gasteiger partial charge < -0.3 is 25.8 Å². The summed E-state index contributed by atoms with van der Waals surface area (Å²) in [7, 11) is 0. The molecular formula is C39H45ClN4O5. The van der Waals surface area contributed by atoms with Crippen molar-refractivity contribution in [2.24, 2.45) is 5.92 Å². The first-order valence-corrected chi connectivity index (χ1v) is 16.8. The molecule has 4 aromatic rings. The molecule has 49 heavy (non-hydrogen) atoms. The zero-order valence-electron chi connectivity index (χ0n) is 28.4. The Kier molecular flexibility index (Phi) is 13.7. The number of nitrogens with zero attached hydrogens (tertiary/aromatic N) is 1. The number of pyridine rings is 1. The number of aliphatic hydroxyl groups is 1. The summed E-state index contributed by atoms with van der Waals surface area (Å²) in [5.41, 5.74) is 4.03. The Morgan fingerprint density at radius 3 is 2.02 bits per heavy atom. The van der Waals surface area contributed by atoms with Crippen molar-refractivity contribution in [3.05, 3.63) is 130 Å². The summed E-state index contributed by atoms with van der Waals surface area (Å²) in [4.78, 5) is 44.0. The van der Waals surface area contributed by atoms with Crippen molar-refractivity contribution < 1.29 is 24.2 Å². The molecule has 9 nitrogen and oxygen atoms in total. The molecule has 0 unspecified atom stereocenters. The molecule has 0 saturated carbocycles. The standard InChI is InChI=1S/C39H45ClN4O5/c1-25(2)36(44-38(47)30-18-19-41-34(40)22-30)39(48)42-31(20-28-14-7-5-8-15-28)23-33(45)32(21-29-16-9-6-10-17-29)43-35(46)24-49-37-26(3)12-11-13-27(37)4/h5-19,22,25,31-33,36,45H,20-21,23-24H2,1-4H3,(H,42,48)(H,43,46)(H,44,47)/t31-,32-,33-,36-/m0/s1. The predicted molar refractivity (Wildman–Crippen MR) is 192 cm³/mol. The van der Waals surface area contributed by atoms with E-state index in [1.54, 1.807) is 0 Å². The average molecular weight is 685 g/mol. The molecule has 4 rings (SSSR count). The Morgan fingerprint density at radius 2 is 1.43 bits per heavy atom. The SMILES string of the molecule is Cc1cccc(C)c1OCC(=O)N[C@@H](Cc1ccccc1)[C@@H](O)C[C@H](Cc1ccccc1)NC(=O)[C@@H](NC(=O)c1ccnc(Cl)c1)C(C)C. The molecule has 0 fully saturated rings. The normalized spacial score (nSPS) is 13.5. The summed E-state index contributed by atoms with van der Waals surface area (Å²) < 4.78 is 5.90. The zero-order chi connectivity index (χ0) is 35.3. The molecule has 0 spiro atoms. The lowest BCUT2D eigenvalue weighted by molar-refractivity contribution is -0.126. The van der Waals surface area contributed by atoms with Crippen molar-refractivity contribution in [2.75, 3.05) is 6.61 Å². The van der Waals surface area contributed by atoms with Gasteiger partial charge in [-0.3, -0.25) is 14.4 Å². The zero-order valence-corrected chi connectivity index (χ0v) is 29.1. The minimum atomic E-state index is -1.04. The van der Waals surface area contributed by atoms with Crippen LogP contribution in [0.25, 0.3) is 0 Å². The summed E-state index contributed by atoms with van der Waals surface area (Å²) in [6.07, 6.45) is 1.31. The van der Waals surface area contributed by atoms with E-state index in [0.717, 1.165) is 22.3 Å². The smallest absolute Gasteiger partial charge is 0.258 e. The van der Waals surface area contributed by atoms with E-state index in [0.29, 0.717) is 18.6 Å². The Balaban J connectivity index is 1.52. The fraction of sp³-hybridized carbons (Fsp3) is 0.333. The first-order valence-electron chi connectivity index (χ1n) is 16.5. The van der Waals surface area contributed by atoms with Crippen LogP contribution in [0.1, 0.15) is 52.9 Å². The number of aryl methyl sites for hydroxylation is 2. The third-order valence-electron chi connectivity index (χ3n) is 8.29. The van der Waals surface area contributed by atoms with Crippen LogP contribution in [0.2, 0.25) is 5.15 Å². The molecule has 0 saturated heterocycles. The van der Waals surface area contributed by atoms with Gasteiger partial charge in [-0.25, -0.2) is 4.98 Å². The number of carbonyl (C=O) groups excluding carboxylic acids is 3. The minimum Gasteiger partial charge on any atom is -0.483 e. The lowest BCUT2D eigenvalue weighted by atomic mass is 9.93. The van der Waals surface area contributed by atoms with Crippen molar-refractivity contribution in [1.29, 1.82) is 0 Å². The van der Waals surface area contributed by atoms with Crippen LogP contribution in [-0.2, 0) is 22.4 Å². The highest BCUT2D eigenvalue weighted by atomic mass is 35.5. The van der Waals surface area contributed by atoms with Crippen LogP contribution in [0.15, 0.2) is 97.2 Å². The van der Waals surface area contributed by atoms with E-state index in [1.807, 2.05) is 107 Å². The van der Waals surface area contributed by atoms with Crippen LogP contribution in [0, 0.1) is 19.8 Å². The molecule has 258 valence electrons. The fourth-order valence-electron chi connectivity index (χ4n) is 5.71. The van der Waals surface area contributed by atoms with E-state index >= 15 is 0 Å². The maximum atomic E-state index is 13.8. The molecule has 1 heterocycles. The van der Waals surface area contributed by atoms with Crippen LogP contribution < -0.4 is 20.7 Å². The highest BCUT2D eigenvalue weighted by molar-refractivity contribution is 6.29. The molecule has 0 radical (unpaired) electrons. The Morgan fingerprint density at radius 1 is 0.816 bits per heavy atom. The number of halogens is 1. The highest BCUT2D eigenvalue weighted by Crippen LogP contribution is 2.22. The Hall–Kier alpha value is -4.73. The molecule has 4 N–H and O–H groups in total. The molecule has 4 atom stereocenters. The summed E-state index contributed by atoms with van der Waals surface area (Å²) in [5.74, 6) is -0.799. The molecule has 3 amide bonds. The largest absolute Gasteiger partial charge is 0.483 e. The molecule has 10 heteroatoms.